The Labute approximate surface area is 160 Å². The molecule has 5 rings (SSSR count). The number of nitrogens with zero attached hydrogens (tertiary/aromatic N) is 6. The SMILES string of the molecule is N#Cc1nn(-c2ccc(F)cc2)nc1N1C[C@H]2C[C@H](C1)c1cccc(=O)n1C2. The first kappa shape index (κ1) is 16.7. The van der Waals surface area contributed by atoms with Gasteiger partial charge in [-0.2, -0.15) is 5.26 Å². The Morgan fingerprint density at radius 1 is 1.07 bits per heavy atom. The summed E-state index contributed by atoms with van der Waals surface area (Å²) in [5.74, 6) is 0.723. The molecular weight excluding hydrogens is 359 g/mol. The fourth-order valence-corrected chi connectivity index (χ4v) is 4.34. The van der Waals surface area contributed by atoms with Crippen LogP contribution in [0.15, 0.2) is 47.3 Å². The number of anilines is 1. The lowest BCUT2D eigenvalue weighted by Gasteiger charge is -2.42. The molecule has 8 heteroatoms. The zero-order chi connectivity index (χ0) is 19.3. The van der Waals surface area contributed by atoms with Crippen LogP contribution in [0.3, 0.4) is 0 Å². The molecule has 7 nitrogen and oxygen atoms in total. The maximum absolute atomic E-state index is 13.2. The van der Waals surface area contributed by atoms with Crippen molar-refractivity contribution in [1.29, 1.82) is 5.26 Å². The van der Waals surface area contributed by atoms with E-state index in [-0.39, 0.29) is 23.0 Å². The summed E-state index contributed by atoms with van der Waals surface area (Å²) in [6, 6.07) is 13.4. The Balaban J connectivity index is 1.50. The lowest BCUT2D eigenvalue weighted by molar-refractivity contribution is 0.280. The predicted molar refractivity (Wildman–Crippen MR) is 99.8 cm³/mol. The van der Waals surface area contributed by atoms with Crippen LogP contribution in [0.5, 0.6) is 0 Å². The molecule has 2 atom stereocenters. The molecular formula is C20H17FN6O. The lowest BCUT2D eigenvalue weighted by Crippen LogP contribution is -2.47. The molecule has 1 aromatic carbocycles. The van der Waals surface area contributed by atoms with Crippen molar-refractivity contribution >= 4 is 5.82 Å². The van der Waals surface area contributed by atoms with Gasteiger partial charge < -0.3 is 9.47 Å². The van der Waals surface area contributed by atoms with E-state index in [2.05, 4.69) is 21.2 Å². The van der Waals surface area contributed by atoms with Crippen LogP contribution in [0.25, 0.3) is 5.69 Å². The molecule has 3 aromatic rings. The lowest BCUT2D eigenvalue weighted by atomic mass is 9.83. The second-order valence-electron chi connectivity index (χ2n) is 7.35. The van der Waals surface area contributed by atoms with Gasteiger partial charge in [0.25, 0.3) is 5.56 Å². The molecule has 0 aliphatic carbocycles. The first-order valence-electron chi connectivity index (χ1n) is 9.20. The maximum atomic E-state index is 13.2. The standard InChI is InChI=1S/C20H17FN6O/c21-15-4-6-16(7-5-15)27-23-17(9-22)20(24-27)25-10-13-8-14(12-25)18-2-1-3-19(28)26(18)11-13/h1-7,13-14H,8,10-12H2/t13-,14-/m1/s1. The highest BCUT2D eigenvalue weighted by molar-refractivity contribution is 5.51. The fourth-order valence-electron chi connectivity index (χ4n) is 4.34. The van der Waals surface area contributed by atoms with Crippen molar-refractivity contribution < 1.29 is 4.39 Å². The number of fused-ring (bicyclic) bond motifs is 4. The first-order valence-corrected chi connectivity index (χ1v) is 9.20. The Bertz CT molecular complexity index is 1140. The first-order chi connectivity index (χ1) is 13.6. The molecule has 1 fully saturated rings. The van der Waals surface area contributed by atoms with Crippen molar-refractivity contribution in [1.82, 2.24) is 19.6 Å². The molecule has 140 valence electrons. The van der Waals surface area contributed by atoms with Gasteiger partial charge in [0.05, 0.1) is 5.69 Å². The van der Waals surface area contributed by atoms with Gasteiger partial charge in [-0.25, -0.2) is 4.39 Å². The van der Waals surface area contributed by atoms with Gasteiger partial charge in [0.1, 0.15) is 11.9 Å². The number of halogens is 1. The van der Waals surface area contributed by atoms with E-state index in [1.165, 1.54) is 16.9 Å². The number of rotatable bonds is 2. The molecule has 0 amide bonds. The Kier molecular flexibility index (Phi) is 3.76. The van der Waals surface area contributed by atoms with Gasteiger partial charge in [0.2, 0.25) is 5.69 Å². The van der Waals surface area contributed by atoms with Crippen LogP contribution in [-0.2, 0) is 6.54 Å². The van der Waals surface area contributed by atoms with E-state index < -0.39 is 0 Å². The third kappa shape index (κ3) is 2.67. The number of benzene rings is 1. The van der Waals surface area contributed by atoms with E-state index in [1.54, 1.807) is 24.3 Å². The molecule has 0 spiro atoms. The monoisotopic (exact) mass is 376 g/mol. The normalized spacial score (nSPS) is 20.5. The smallest absolute Gasteiger partial charge is 0.250 e. The molecule has 2 aromatic heterocycles. The summed E-state index contributed by atoms with van der Waals surface area (Å²) in [5, 5.41) is 18.4. The van der Waals surface area contributed by atoms with Gasteiger partial charge in [-0.15, -0.1) is 15.0 Å². The van der Waals surface area contributed by atoms with Gasteiger partial charge in [-0.05, 0) is 42.7 Å². The summed E-state index contributed by atoms with van der Waals surface area (Å²) < 4.78 is 15.1. The topological polar surface area (TPSA) is 79.7 Å². The highest BCUT2D eigenvalue weighted by Gasteiger charge is 2.36. The van der Waals surface area contributed by atoms with Crippen LogP contribution >= 0.6 is 0 Å². The predicted octanol–water partition coefficient (Wildman–Crippen LogP) is 2.06. The molecule has 0 unspecified atom stereocenters. The van der Waals surface area contributed by atoms with Crippen LogP contribution in [0, 0.1) is 23.1 Å². The highest BCUT2D eigenvalue weighted by atomic mass is 19.1. The quantitative estimate of drug-likeness (QED) is 0.684. The second-order valence-corrected chi connectivity index (χ2v) is 7.35. The molecule has 2 aliphatic heterocycles. The summed E-state index contributed by atoms with van der Waals surface area (Å²) in [6.45, 7) is 2.07. The van der Waals surface area contributed by atoms with Crippen molar-refractivity contribution in [2.45, 2.75) is 18.9 Å². The van der Waals surface area contributed by atoms with Gasteiger partial charge in [0, 0.05) is 37.3 Å². The summed E-state index contributed by atoms with van der Waals surface area (Å²) >= 11 is 0. The molecule has 2 bridgehead atoms. The van der Waals surface area contributed by atoms with Gasteiger partial charge in [-0.3, -0.25) is 4.79 Å². The van der Waals surface area contributed by atoms with Crippen molar-refractivity contribution in [3.63, 3.8) is 0 Å². The average molecular weight is 376 g/mol. The van der Waals surface area contributed by atoms with E-state index in [0.29, 0.717) is 37.1 Å². The number of aromatic nitrogens is 4. The van der Waals surface area contributed by atoms with Crippen LogP contribution in [0.1, 0.15) is 23.7 Å². The number of pyridine rings is 1. The molecule has 2 aliphatic rings. The number of hydrogen-bond donors (Lipinski definition) is 0. The Hall–Kier alpha value is -3.47. The highest BCUT2D eigenvalue weighted by Crippen LogP contribution is 2.37. The van der Waals surface area contributed by atoms with Gasteiger partial charge in [0.15, 0.2) is 5.82 Å². The molecule has 0 radical (unpaired) electrons. The molecule has 28 heavy (non-hydrogen) atoms. The van der Waals surface area contributed by atoms with E-state index >= 15 is 0 Å². The van der Waals surface area contributed by atoms with Crippen LogP contribution < -0.4 is 10.5 Å². The Morgan fingerprint density at radius 2 is 1.89 bits per heavy atom. The molecule has 1 saturated heterocycles. The average Bonchev–Trinajstić information content (AvgIpc) is 3.14. The van der Waals surface area contributed by atoms with Gasteiger partial charge >= 0.3 is 0 Å². The third-order valence-corrected chi connectivity index (χ3v) is 5.54. The van der Waals surface area contributed by atoms with E-state index in [1.807, 2.05) is 10.6 Å². The van der Waals surface area contributed by atoms with E-state index in [4.69, 9.17) is 0 Å². The molecule has 4 heterocycles. The van der Waals surface area contributed by atoms with Crippen LogP contribution in [0.2, 0.25) is 0 Å². The second kappa shape index (κ2) is 6.30. The number of nitriles is 1. The Morgan fingerprint density at radius 3 is 2.68 bits per heavy atom. The molecule has 0 saturated carbocycles. The number of hydrogen-bond acceptors (Lipinski definition) is 5. The zero-order valence-electron chi connectivity index (χ0n) is 15.0. The third-order valence-electron chi connectivity index (χ3n) is 5.54. The van der Waals surface area contributed by atoms with Crippen molar-refractivity contribution in [2.75, 3.05) is 18.0 Å². The largest absolute Gasteiger partial charge is 0.352 e. The van der Waals surface area contributed by atoms with Crippen molar-refractivity contribution in [3.05, 3.63) is 70.0 Å². The van der Waals surface area contributed by atoms with Gasteiger partial charge in [-0.1, -0.05) is 6.07 Å². The summed E-state index contributed by atoms with van der Waals surface area (Å²) in [5.41, 5.74) is 1.92. The zero-order valence-corrected chi connectivity index (χ0v) is 15.0. The van der Waals surface area contributed by atoms with E-state index in [0.717, 1.165) is 12.1 Å². The number of piperidine rings is 1. The maximum Gasteiger partial charge on any atom is 0.250 e. The minimum atomic E-state index is -0.339. The summed E-state index contributed by atoms with van der Waals surface area (Å²) in [4.78, 5) is 15.6. The fraction of sp³-hybridized carbons (Fsp3) is 0.300. The minimum absolute atomic E-state index is 0.0422. The van der Waals surface area contributed by atoms with Crippen molar-refractivity contribution in [3.8, 4) is 11.8 Å². The summed E-state index contributed by atoms with van der Waals surface area (Å²) in [6.07, 6.45) is 1.02. The van der Waals surface area contributed by atoms with E-state index in [9.17, 15) is 14.4 Å². The molecule has 0 N–H and O–H groups in total. The van der Waals surface area contributed by atoms with Crippen LogP contribution in [-0.4, -0.2) is 32.7 Å². The van der Waals surface area contributed by atoms with Crippen LogP contribution in [0.4, 0.5) is 10.2 Å². The van der Waals surface area contributed by atoms with Crippen molar-refractivity contribution in [2.24, 2.45) is 5.92 Å². The minimum Gasteiger partial charge on any atom is -0.352 e. The summed E-state index contributed by atoms with van der Waals surface area (Å²) in [7, 11) is 0.